The highest BCUT2D eigenvalue weighted by molar-refractivity contribution is 5.50. The number of aromatic nitrogens is 2. The lowest BCUT2D eigenvalue weighted by Crippen LogP contribution is -2.02. The van der Waals surface area contributed by atoms with E-state index < -0.39 is 0 Å². The number of hydrogen-bond donors (Lipinski definition) is 1. The Labute approximate surface area is 109 Å². The first kappa shape index (κ1) is 12.7. The Kier molecular flexibility index (Phi) is 3.70. The molecule has 2 aromatic rings. The fraction of sp³-hybridized carbons (Fsp3) is 0.400. The van der Waals surface area contributed by atoms with E-state index in [-0.39, 0.29) is 0 Å². The van der Waals surface area contributed by atoms with Gasteiger partial charge in [0.2, 0.25) is 0 Å². The van der Waals surface area contributed by atoms with E-state index in [9.17, 15) is 0 Å². The molecule has 3 nitrogen and oxygen atoms in total. The van der Waals surface area contributed by atoms with Crippen LogP contribution in [-0.4, -0.2) is 9.78 Å². The Morgan fingerprint density at radius 3 is 2.33 bits per heavy atom. The average molecular weight is 243 g/mol. The van der Waals surface area contributed by atoms with Gasteiger partial charge in [-0.05, 0) is 31.9 Å². The van der Waals surface area contributed by atoms with Crippen LogP contribution in [-0.2, 0) is 0 Å². The van der Waals surface area contributed by atoms with Gasteiger partial charge in [-0.15, -0.1) is 0 Å². The summed E-state index contributed by atoms with van der Waals surface area (Å²) in [6.45, 7) is 6.46. The largest absolute Gasteiger partial charge is 0.383 e. The first-order chi connectivity index (χ1) is 8.69. The predicted molar refractivity (Wildman–Crippen MR) is 76.0 cm³/mol. The number of hydrogen-bond acceptors (Lipinski definition) is 2. The highest BCUT2D eigenvalue weighted by Crippen LogP contribution is 2.29. The second-order valence-corrected chi connectivity index (χ2v) is 4.66. The van der Waals surface area contributed by atoms with Gasteiger partial charge in [0, 0.05) is 11.5 Å². The van der Waals surface area contributed by atoms with E-state index in [0.29, 0.717) is 5.92 Å². The molecule has 2 N–H and O–H groups in total. The van der Waals surface area contributed by atoms with Crippen LogP contribution in [0, 0.1) is 6.92 Å². The molecule has 0 saturated heterocycles. The third-order valence-corrected chi connectivity index (χ3v) is 3.58. The smallest absolute Gasteiger partial charge is 0.130 e. The molecule has 0 aliphatic heterocycles. The van der Waals surface area contributed by atoms with Crippen LogP contribution < -0.4 is 5.73 Å². The van der Waals surface area contributed by atoms with E-state index in [1.165, 1.54) is 0 Å². The summed E-state index contributed by atoms with van der Waals surface area (Å²) in [5, 5.41) is 4.71. The summed E-state index contributed by atoms with van der Waals surface area (Å²) in [4.78, 5) is 0. The standard InChI is InChI=1S/C15H21N3/c1-4-12(5-2)14-11(3)15(16)18(17-14)13-9-7-6-8-10-13/h6-10,12H,4-5,16H2,1-3H3. The molecule has 1 heterocycles. The summed E-state index contributed by atoms with van der Waals surface area (Å²) in [6, 6.07) is 10.1. The van der Waals surface area contributed by atoms with Gasteiger partial charge in [0.05, 0.1) is 11.4 Å². The first-order valence-electron chi connectivity index (χ1n) is 6.59. The first-order valence-corrected chi connectivity index (χ1v) is 6.59. The minimum absolute atomic E-state index is 0.497. The summed E-state index contributed by atoms with van der Waals surface area (Å²) >= 11 is 0. The summed E-state index contributed by atoms with van der Waals surface area (Å²) in [5.74, 6) is 1.25. The van der Waals surface area contributed by atoms with Crippen molar-refractivity contribution in [3.63, 3.8) is 0 Å². The maximum atomic E-state index is 6.18. The van der Waals surface area contributed by atoms with Crippen LogP contribution >= 0.6 is 0 Å². The molecule has 0 spiro atoms. The average Bonchev–Trinajstić information content (AvgIpc) is 2.70. The molecular weight excluding hydrogens is 222 g/mol. The number of rotatable bonds is 4. The van der Waals surface area contributed by atoms with Crippen molar-refractivity contribution in [1.82, 2.24) is 9.78 Å². The molecule has 0 saturated carbocycles. The topological polar surface area (TPSA) is 43.8 Å². The summed E-state index contributed by atoms with van der Waals surface area (Å²) in [6.07, 6.45) is 2.20. The lowest BCUT2D eigenvalue weighted by Gasteiger charge is -2.09. The van der Waals surface area contributed by atoms with Gasteiger partial charge in [-0.1, -0.05) is 32.0 Å². The molecule has 1 aromatic carbocycles. The van der Waals surface area contributed by atoms with Crippen molar-refractivity contribution >= 4 is 5.82 Å². The number of anilines is 1. The van der Waals surface area contributed by atoms with E-state index in [0.717, 1.165) is 35.6 Å². The SMILES string of the molecule is CCC(CC)c1nn(-c2ccccc2)c(N)c1C. The minimum atomic E-state index is 0.497. The second kappa shape index (κ2) is 5.25. The Morgan fingerprint density at radius 1 is 1.17 bits per heavy atom. The molecule has 0 unspecified atom stereocenters. The molecule has 0 fully saturated rings. The molecular formula is C15H21N3. The van der Waals surface area contributed by atoms with E-state index in [1.807, 2.05) is 35.0 Å². The van der Waals surface area contributed by atoms with E-state index >= 15 is 0 Å². The Morgan fingerprint density at radius 2 is 1.78 bits per heavy atom. The summed E-state index contributed by atoms with van der Waals surface area (Å²) < 4.78 is 1.85. The molecule has 0 radical (unpaired) electrons. The van der Waals surface area contributed by atoms with Crippen LogP contribution in [0.1, 0.15) is 43.9 Å². The van der Waals surface area contributed by atoms with Gasteiger partial charge in [-0.2, -0.15) is 5.10 Å². The van der Waals surface area contributed by atoms with E-state index in [1.54, 1.807) is 0 Å². The number of benzene rings is 1. The van der Waals surface area contributed by atoms with Gasteiger partial charge in [0.25, 0.3) is 0 Å². The van der Waals surface area contributed by atoms with Crippen molar-refractivity contribution in [1.29, 1.82) is 0 Å². The van der Waals surface area contributed by atoms with Crippen LogP contribution in [0.25, 0.3) is 5.69 Å². The quantitative estimate of drug-likeness (QED) is 0.890. The molecule has 0 aliphatic carbocycles. The van der Waals surface area contributed by atoms with Gasteiger partial charge in [-0.25, -0.2) is 4.68 Å². The van der Waals surface area contributed by atoms with E-state index in [2.05, 4.69) is 20.8 Å². The minimum Gasteiger partial charge on any atom is -0.383 e. The van der Waals surface area contributed by atoms with Gasteiger partial charge >= 0.3 is 0 Å². The molecule has 18 heavy (non-hydrogen) atoms. The highest BCUT2D eigenvalue weighted by Gasteiger charge is 2.18. The molecule has 0 amide bonds. The van der Waals surface area contributed by atoms with Crippen molar-refractivity contribution in [2.24, 2.45) is 0 Å². The van der Waals surface area contributed by atoms with Crippen molar-refractivity contribution in [3.8, 4) is 5.69 Å². The maximum Gasteiger partial charge on any atom is 0.130 e. The third kappa shape index (κ3) is 2.13. The number of para-hydroxylation sites is 1. The second-order valence-electron chi connectivity index (χ2n) is 4.66. The number of nitrogens with two attached hydrogens (primary N) is 1. The summed E-state index contributed by atoms with van der Waals surface area (Å²) in [5.41, 5.74) is 9.46. The van der Waals surface area contributed by atoms with Crippen molar-refractivity contribution < 1.29 is 0 Å². The fourth-order valence-corrected chi connectivity index (χ4v) is 2.36. The van der Waals surface area contributed by atoms with Crippen molar-refractivity contribution in [2.75, 3.05) is 5.73 Å². The van der Waals surface area contributed by atoms with Gasteiger partial charge in [0.1, 0.15) is 5.82 Å². The van der Waals surface area contributed by atoms with Crippen LogP contribution in [0.15, 0.2) is 30.3 Å². The fourth-order valence-electron chi connectivity index (χ4n) is 2.36. The summed E-state index contributed by atoms with van der Waals surface area (Å²) in [7, 11) is 0. The molecule has 0 bridgehead atoms. The molecule has 1 aromatic heterocycles. The molecule has 0 atom stereocenters. The zero-order chi connectivity index (χ0) is 13.1. The monoisotopic (exact) mass is 243 g/mol. The Balaban J connectivity index is 2.49. The lowest BCUT2D eigenvalue weighted by molar-refractivity contribution is 0.611. The van der Waals surface area contributed by atoms with Crippen LogP contribution in [0.5, 0.6) is 0 Å². The van der Waals surface area contributed by atoms with Gasteiger partial charge in [0.15, 0.2) is 0 Å². The van der Waals surface area contributed by atoms with Crippen LogP contribution in [0.2, 0.25) is 0 Å². The predicted octanol–water partition coefficient (Wildman–Crippen LogP) is 3.67. The zero-order valence-electron chi connectivity index (χ0n) is 11.4. The number of nitrogens with zero attached hydrogens (tertiary/aromatic N) is 2. The van der Waals surface area contributed by atoms with Crippen LogP contribution in [0.3, 0.4) is 0 Å². The normalized spacial score (nSPS) is 11.1. The van der Waals surface area contributed by atoms with E-state index in [4.69, 9.17) is 10.8 Å². The molecule has 3 heteroatoms. The van der Waals surface area contributed by atoms with Crippen LogP contribution in [0.4, 0.5) is 5.82 Å². The lowest BCUT2D eigenvalue weighted by atomic mass is 9.97. The van der Waals surface area contributed by atoms with Crippen molar-refractivity contribution in [3.05, 3.63) is 41.6 Å². The third-order valence-electron chi connectivity index (χ3n) is 3.58. The Bertz CT molecular complexity index is 510. The van der Waals surface area contributed by atoms with Crippen molar-refractivity contribution in [2.45, 2.75) is 39.5 Å². The number of nitrogen functional groups attached to an aromatic ring is 1. The maximum absolute atomic E-state index is 6.18. The van der Waals surface area contributed by atoms with Gasteiger partial charge in [-0.3, -0.25) is 0 Å². The molecule has 0 aliphatic rings. The molecule has 96 valence electrons. The highest BCUT2D eigenvalue weighted by atomic mass is 15.3. The zero-order valence-corrected chi connectivity index (χ0v) is 11.4. The Hall–Kier alpha value is -1.77. The molecule has 2 rings (SSSR count). The van der Waals surface area contributed by atoms with Gasteiger partial charge < -0.3 is 5.73 Å².